The molecule has 1 aliphatic heterocycles. The number of anilines is 1. The number of hydrogen-bond acceptors (Lipinski definition) is 5. The first-order valence-corrected chi connectivity index (χ1v) is 8.07. The van der Waals surface area contributed by atoms with Crippen LogP contribution < -0.4 is 4.90 Å². The van der Waals surface area contributed by atoms with Crippen LogP contribution in [0.4, 0.5) is 10.1 Å². The summed E-state index contributed by atoms with van der Waals surface area (Å²) in [4.78, 5) is 35.0. The van der Waals surface area contributed by atoms with Crippen LogP contribution in [0.15, 0.2) is 55.0 Å². The highest BCUT2D eigenvalue weighted by Gasteiger charge is 2.40. The fourth-order valence-electron chi connectivity index (χ4n) is 3.27. The lowest BCUT2D eigenvalue weighted by atomic mass is 10.0. The third-order valence-corrected chi connectivity index (χ3v) is 4.48. The maximum Gasteiger partial charge on any atom is 0.267 e. The van der Waals surface area contributed by atoms with Crippen molar-refractivity contribution in [3.63, 3.8) is 0 Å². The summed E-state index contributed by atoms with van der Waals surface area (Å²) in [5, 5.41) is 7.39. The quantitative estimate of drug-likeness (QED) is 0.556. The second kappa shape index (κ2) is 5.53. The minimum absolute atomic E-state index is 0.0942. The third kappa shape index (κ3) is 2.10. The number of pyridine rings is 2. The van der Waals surface area contributed by atoms with Crippen LogP contribution in [0.3, 0.4) is 0 Å². The summed E-state index contributed by atoms with van der Waals surface area (Å²) in [7, 11) is 0. The zero-order chi connectivity index (χ0) is 18.5. The van der Waals surface area contributed by atoms with Gasteiger partial charge in [0.15, 0.2) is 5.65 Å². The number of fused-ring (bicyclic) bond motifs is 3. The van der Waals surface area contributed by atoms with Gasteiger partial charge < -0.3 is 0 Å². The molecule has 0 unspecified atom stereocenters. The molecule has 0 aliphatic carbocycles. The number of imide groups is 1. The van der Waals surface area contributed by atoms with Crippen LogP contribution in [0.25, 0.3) is 22.3 Å². The van der Waals surface area contributed by atoms with Crippen molar-refractivity contribution in [2.45, 2.75) is 0 Å². The molecule has 2 amide bonds. The van der Waals surface area contributed by atoms with Crippen LogP contribution in [0.5, 0.6) is 0 Å². The summed E-state index contributed by atoms with van der Waals surface area (Å²) >= 11 is 0. The molecule has 7 nitrogen and oxygen atoms in total. The van der Waals surface area contributed by atoms with Gasteiger partial charge in [-0.1, -0.05) is 12.1 Å². The first-order chi connectivity index (χ1) is 13.2. The SMILES string of the molecule is O=C1c2cnc3n[nH]c(-c4cccnc4)c3c2C(=O)N1c1ccccc1F. The van der Waals surface area contributed by atoms with Crippen LogP contribution in [-0.2, 0) is 0 Å². The van der Waals surface area contributed by atoms with E-state index in [1.54, 1.807) is 30.6 Å². The molecule has 0 atom stereocenters. The normalized spacial score (nSPS) is 13.4. The minimum Gasteiger partial charge on any atom is -0.275 e. The van der Waals surface area contributed by atoms with E-state index in [0.29, 0.717) is 22.3 Å². The Balaban J connectivity index is 1.77. The lowest BCUT2D eigenvalue weighted by Crippen LogP contribution is -2.30. The fourth-order valence-corrected chi connectivity index (χ4v) is 3.27. The van der Waals surface area contributed by atoms with E-state index in [9.17, 15) is 14.0 Å². The molecule has 0 saturated heterocycles. The summed E-state index contributed by atoms with van der Waals surface area (Å²) in [5.41, 5.74) is 1.69. The molecule has 8 heteroatoms. The third-order valence-electron chi connectivity index (χ3n) is 4.48. The molecule has 0 radical (unpaired) electrons. The second-order valence-electron chi connectivity index (χ2n) is 5.98. The number of rotatable bonds is 2. The second-order valence-corrected chi connectivity index (χ2v) is 5.98. The number of benzene rings is 1. The van der Waals surface area contributed by atoms with Crippen molar-refractivity contribution in [1.82, 2.24) is 20.2 Å². The Bertz CT molecular complexity index is 1240. The van der Waals surface area contributed by atoms with Gasteiger partial charge in [-0.15, -0.1) is 0 Å². The number of hydrogen-bond donors (Lipinski definition) is 1. The van der Waals surface area contributed by atoms with E-state index in [0.717, 1.165) is 4.90 Å². The van der Waals surface area contributed by atoms with Crippen LogP contribution >= 0.6 is 0 Å². The highest BCUT2D eigenvalue weighted by Crippen LogP contribution is 2.36. The van der Waals surface area contributed by atoms with Gasteiger partial charge in [0, 0.05) is 24.2 Å². The number of para-hydroxylation sites is 1. The number of carbonyl (C=O) groups excluding carboxylic acids is 2. The molecule has 1 aromatic carbocycles. The lowest BCUT2D eigenvalue weighted by molar-refractivity contribution is 0.0925. The molecule has 0 spiro atoms. The number of carbonyl (C=O) groups is 2. The Morgan fingerprint density at radius 1 is 1.00 bits per heavy atom. The molecule has 0 saturated carbocycles. The van der Waals surface area contributed by atoms with Gasteiger partial charge in [-0.2, -0.15) is 5.10 Å². The van der Waals surface area contributed by atoms with E-state index in [4.69, 9.17) is 0 Å². The van der Waals surface area contributed by atoms with Crippen molar-refractivity contribution in [2.75, 3.05) is 4.90 Å². The minimum atomic E-state index is -0.657. The molecule has 4 aromatic rings. The van der Waals surface area contributed by atoms with Gasteiger partial charge in [0.1, 0.15) is 5.82 Å². The van der Waals surface area contributed by atoms with Gasteiger partial charge in [0.25, 0.3) is 11.8 Å². The number of amides is 2. The Morgan fingerprint density at radius 3 is 2.63 bits per heavy atom. The Morgan fingerprint density at radius 2 is 1.85 bits per heavy atom. The Labute approximate surface area is 151 Å². The van der Waals surface area contributed by atoms with E-state index < -0.39 is 17.6 Å². The van der Waals surface area contributed by atoms with Crippen molar-refractivity contribution in [3.8, 4) is 11.3 Å². The first kappa shape index (κ1) is 15.3. The largest absolute Gasteiger partial charge is 0.275 e. The van der Waals surface area contributed by atoms with Gasteiger partial charge in [-0.3, -0.25) is 19.7 Å². The standard InChI is InChI=1S/C19H10FN5O2/c20-12-5-1-2-6-13(12)25-18(26)11-9-22-17-15(14(11)19(25)27)16(23-24-17)10-4-3-7-21-8-10/h1-9H,(H,22,23,24). The fraction of sp³-hybridized carbons (Fsp3) is 0. The monoisotopic (exact) mass is 359 g/mol. The van der Waals surface area contributed by atoms with E-state index in [2.05, 4.69) is 20.2 Å². The van der Waals surface area contributed by atoms with Crippen molar-refractivity contribution < 1.29 is 14.0 Å². The van der Waals surface area contributed by atoms with E-state index >= 15 is 0 Å². The van der Waals surface area contributed by atoms with E-state index in [-0.39, 0.29) is 16.8 Å². The Hall–Kier alpha value is -3.94. The number of H-pyrrole nitrogens is 1. The van der Waals surface area contributed by atoms with E-state index in [1.165, 1.54) is 24.4 Å². The highest BCUT2D eigenvalue weighted by atomic mass is 19.1. The van der Waals surface area contributed by atoms with Crippen LogP contribution in [0.1, 0.15) is 20.7 Å². The molecular formula is C19H10FN5O2. The molecule has 4 heterocycles. The van der Waals surface area contributed by atoms with Gasteiger partial charge >= 0.3 is 0 Å². The molecule has 1 N–H and O–H groups in total. The zero-order valence-electron chi connectivity index (χ0n) is 13.7. The number of aromatic nitrogens is 4. The lowest BCUT2D eigenvalue weighted by Gasteiger charge is -2.14. The maximum absolute atomic E-state index is 14.2. The molecule has 3 aromatic heterocycles. The predicted molar refractivity (Wildman–Crippen MR) is 94.7 cm³/mol. The van der Waals surface area contributed by atoms with Crippen molar-refractivity contribution in [1.29, 1.82) is 0 Å². The average molecular weight is 359 g/mol. The summed E-state index contributed by atoms with van der Waals surface area (Å²) in [6.45, 7) is 0. The number of nitrogens with zero attached hydrogens (tertiary/aromatic N) is 4. The van der Waals surface area contributed by atoms with Gasteiger partial charge in [0.05, 0.1) is 27.9 Å². The topological polar surface area (TPSA) is 91.8 Å². The summed E-state index contributed by atoms with van der Waals surface area (Å²) in [6, 6.07) is 9.19. The van der Waals surface area contributed by atoms with Crippen molar-refractivity contribution in [2.24, 2.45) is 0 Å². The number of nitrogens with one attached hydrogen (secondary N) is 1. The van der Waals surface area contributed by atoms with Gasteiger partial charge in [0.2, 0.25) is 0 Å². The first-order valence-electron chi connectivity index (χ1n) is 8.07. The van der Waals surface area contributed by atoms with Gasteiger partial charge in [-0.05, 0) is 24.3 Å². The molecule has 0 fully saturated rings. The number of halogens is 1. The smallest absolute Gasteiger partial charge is 0.267 e. The summed E-state index contributed by atoms with van der Waals surface area (Å²) < 4.78 is 14.2. The average Bonchev–Trinajstić information content (AvgIpc) is 3.23. The van der Waals surface area contributed by atoms with Crippen LogP contribution in [-0.4, -0.2) is 32.0 Å². The molecule has 1 aliphatic rings. The molecule has 27 heavy (non-hydrogen) atoms. The number of aromatic amines is 1. The molecule has 5 rings (SSSR count). The highest BCUT2D eigenvalue weighted by molar-refractivity contribution is 6.38. The maximum atomic E-state index is 14.2. The van der Waals surface area contributed by atoms with Gasteiger partial charge in [-0.25, -0.2) is 14.3 Å². The predicted octanol–water partition coefficient (Wildman–Crippen LogP) is 2.96. The molecule has 130 valence electrons. The summed E-state index contributed by atoms with van der Waals surface area (Å²) in [5.74, 6) is -1.89. The Kier molecular flexibility index (Phi) is 3.14. The zero-order valence-corrected chi connectivity index (χ0v) is 13.7. The summed E-state index contributed by atoms with van der Waals surface area (Å²) in [6.07, 6.45) is 4.54. The van der Waals surface area contributed by atoms with Crippen molar-refractivity contribution >= 4 is 28.5 Å². The van der Waals surface area contributed by atoms with Crippen LogP contribution in [0, 0.1) is 5.82 Å². The van der Waals surface area contributed by atoms with Crippen LogP contribution in [0.2, 0.25) is 0 Å². The molecular weight excluding hydrogens is 349 g/mol. The van der Waals surface area contributed by atoms with E-state index in [1.807, 2.05) is 0 Å². The van der Waals surface area contributed by atoms with Crippen molar-refractivity contribution in [3.05, 3.63) is 71.9 Å². The molecule has 0 bridgehead atoms.